The molecule has 0 aliphatic heterocycles. The number of halogens is 3. The third kappa shape index (κ3) is 2.52. The maximum Gasteiger partial charge on any atom is 0.443 e. The van der Waals surface area contributed by atoms with Crippen LogP contribution in [0.15, 0.2) is 12.3 Å². The highest BCUT2D eigenvalue weighted by Gasteiger charge is 2.35. The number of carbonyl (C=O) groups excluding carboxylic acids is 1. The van der Waals surface area contributed by atoms with E-state index in [2.05, 4.69) is 4.98 Å². The number of thiazole rings is 1. The first-order valence-electron chi connectivity index (χ1n) is 6.14. The molecule has 0 N–H and O–H groups in total. The van der Waals surface area contributed by atoms with Crippen LogP contribution in [0, 0.1) is 0 Å². The minimum Gasteiger partial charge on any atom is -0.287 e. The topological polar surface area (TPSA) is 30.0 Å². The summed E-state index contributed by atoms with van der Waals surface area (Å²) in [6.07, 6.45) is 0.669. The number of fused-ring (bicyclic) bond motifs is 1. The number of aryl methyl sites for hydroxylation is 2. The summed E-state index contributed by atoms with van der Waals surface area (Å²) in [7, 11) is 0. The Labute approximate surface area is 121 Å². The van der Waals surface area contributed by atoms with Crippen LogP contribution in [0.25, 0.3) is 0 Å². The number of carbonyl (C=O) groups is 1. The van der Waals surface area contributed by atoms with Gasteiger partial charge in [-0.3, -0.25) is 4.79 Å². The Kier molecular flexibility index (Phi) is 3.41. The molecule has 0 radical (unpaired) electrons. The van der Waals surface area contributed by atoms with Crippen LogP contribution < -0.4 is 0 Å². The molecule has 3 rings (SSSR count). The molecule has 0 atom stereocenters. The summed E-state index contributed by atoms with van der Waals surface area (Å²) in [6.45, 7) is 0. The Morgan fingerprint density at radius 3 is 2.55 bits per heavy atom. The largest absolute Gasteiger partial charge is 0.443 e. The highest BCUT2D eigenvalue weighted by atomic mass is 32.1. The molecule has 0 bridgehead atoms. The van der Waals surface area contributed by atoms with E-state index in [1.54, 1.807) is 0 Å². The van der Waals surface area contributed by atoms with Gasteiger partial charge in [-0.1, -0.05) is 0 Å². The third-order valence-electron chi connectivity index (χ3n) is 3.19. The minimum atomic E-state index is -4.49. The maximum atomic E-state index is 12.5. The van der Waals surface area contributed by atoms with Gasteiger partial charge in [-0.25, -0.2) is 4.98 Å². The van der Waals surface area contributed by atoms with Crippen molar-refractivity contribution in [3.8, 4) is 0 Å². The summed E-state index contributed by atoms with van der Waals surface area (Å²) >= 11 is 1.81. The third-order valence-corrected chi connectivity index (χ3v) is 5.47. The Hall–Kier alpha value is -1.21. The second kappa shape index (κ2) is 4.96. The molecule has 2 heterocycles. The summed E-state index contributed by atoms with van der Waals surface area (Å²) in [4.78, 5) is 17.3. The lowest BCUT2D eigenvalue weighted by Crippen LogP contribution is -2.03. The van der Waals surface area contributed by atoms with Crippen LogP contribution in [0.5, 0.6) is 0 Å². The van der Waals surface area contributed by atoms with Crippen LogP contribution in [0.2, 0.25) is 0 Å². The number of aromatic nitrogens is 1. The molecule has 0 spiro atoms. The standard InChI is InChI=1S/C13H10F3NOS2/c14-13(15,16)12-17-6-10(20-12)11(18)9-5-7-3-1-2-4-8(7)19-9/h5-6H,1-4H2. The highest BCUT2D eigenvalue weighted by molar-refractivity contribution is 7.17. The van der Waals surface area contributed by atoms with E-state index < -0.39 is 11.2 Å². The fourth-order valence-electron chi connectivity index (χ4n) is 2.23. The summed E-state index contributed by atoms with van der Waals surface area (Å²) in [6, 6.07) is 1.83. The highest BCUT2D eigenvalue weighted by Crippen LogP contribution is 2.35. The van der Waals surface area contributed by atoms with Gasteiger partial charge >= 0.3 is 6.18 Å². The van der Waals surface area contributed by atoms with Gasteiger partial charge in [0.1, 0.15) is 0 Å². The van der Waals surface area contributed by atoms with E-state index >= 15 is 0 Å². The van der Waals surface area contributed by atoms with Gasteiger partial charge in [0.15, 0.2) is 5.01 Å². The zero-order valence-electron chi connectivity index (χ0n) is 10.3. The number of ketones is 1. The Balaban J connectivity index is 1.89. The van der Waals surface area contributed by atoms with Crippen molar-refractivity contribution in [3.63, 3.8) is 0 Å². The van der Waals surface area contributed by atoms with Crippen molar-refractivity contribution < 1.29 is 18.0 Å². The molecule has 0 aromatic carbocycles. The average Bonchev–Trinajstić information content (AvgIpc) is 3.04. The van der Waals surface area contributed by atoms with Gasteiger partial charge < -0.3 is 0 Å². The first kappa shape index (κ1) is 13.8. The van der Waals surface area contributed by atoms with Crippen LogP contribution in [0.3, 0.4) is 0 Å². The van der Waals surface area contributed by atoms with Gasteiger partial charge in [-0.2, -0.15) is 13.2 Å². The fourth-order valence-corrected chi connectivity index (χ4v) is 4.24. The van der Waals surface area contributed by atoms with Crippen LogP contribution in [0.4, 0.5) is 13.2 Å². The van der Waals surface area contributed by atoms with Crippen molar-refractivity contribution in [2.45, 2.75) is 31.9 Å². The first-order valence-corrected chi connectivity index (χ1v) is 7.78. The van der Waals surface area contributed by atoms with Gasteiger partial charge in [-0.15, -0.1) is 22.7 Å². The van der Waals surface area contributed by atoms with E-state index in [0.717, 1.165) is 31.9 Å². The van der Waals surface area contributed by atoms with E-state index in [1.807, 2.05) is 6.07 Å². The quantitative estimate of drug-likeness (QED) is 0.772. The first-order chi connectivity index (χ1) is 9.45. The zero-order valence-corrected chi connectivity index (χ0v) is 11.9. The van der Waals surface area contributed by atoms with E-state index in [0.29, 0.717) is 16.2 Å². The van der Waals surface area contributed by atoms with E-state index in [1.165, 1.54) is 21.8 Å². The van der Waals surface area contributed by atoms with E-state index in [9.17, 15) is 18.0 Å². The molecule has 20 heavy (non-hydrogen) atoms. The molecular formula is C13H10F3NOS2. The van der Waals surface area contributed by atoms with Gasteiger partial charge in [0.2, 0.25) is 5.78 Å². The number of alkyl halides is 3. The van der Waals surface area contributed by atoms with Crippen molar-refractivity contribution in [1.82, 2.24) is 4.98 Å². The molecule has 1 aliphatic carbocycles. The number of rotatable bonds is 2. The summed E-state index contributed by atoms with van der Waals surface area (Å²) in [5, 5.41) is -0.970. The van der Waals surface area contributed by atoms with Crippen molar-refractivity contribution in [3.05, 3.63) is 37.5 Å². The van der Waals surface area contributed by atoms with Crippen molar-refractivity contribution in [1.29, 1.82) is 0 Å². The number of hydrogen-bond donors (Lipinski definition) is 0. The molecule has 0 fully saturated rings. The smallest absolute Gasteiger partial charge is 0.287 e. The molecular weight excluding hydrogens is 307 g/mol. The SMILES string of the molecule is O=C(c1cnc(C(F)(F)F)s1)c1cc2c(s1)CCCC2. The molecule has 0 saturated heterocycles. The number of hydrogen-bond acceptors (Lipinski definition) is 4. The molecule has 0 unspecified atom stereocenters. The van der Waals surface area contributed by atoms with Gasteiger partial charge in [0, 0.05) is 11.1 Å². The predicted octanol–water partition coefficient (Wildman–Crippen LogP) is 4.33. The van der Waals surface area contributed by atoms with Crippen molar-refractivity contribution in [2.75, 3.05) is 0 Å². The molecule has 2 nitrogen and oxygen atoms in total. The monoisotopic (exact) mass is 317 g/mol. The molecule has 0 amide bonds. The molecule has 106 valence electrons. The molecule has 7 heteroatoms. The summed E-state index contributed by atoms with van der Waals surface area (Å²) in [5.41, 5.74) is 1.17. The van der Waals surface area contributed by atoms with Gasteiger partial charge in [0.25, 0.3) is 0 Å². The molecule has 1 aliphatic rings. The lowest BCUT2D eigenvalue weighted by atomic mass is 9.99. The fraction of sp³-hybridized carbons (Fsp3) is 0.385. The Morgan fingerprint density at radius 2 is 1.90 bits per heavy atom. The van der Waals surface area contributed by atoms with E-state index in [-0.39, 0.29) is 10.7 Å². The van der Waals surface area contributed by atoms with Crippen LogP contribution in [-0.2, 0) is 19.0 Å². The lowest BCUT2D eigenvalue weighted by molar-refractivity contribution is -0.137. The van der Waals surface area contributed by atoms with Crippen molar-refractivity contribution >= 4 is 28.5 Å². The number of nitrogens with zero attached hydrogens (tertiary/aromatic N) is 1. The van der Waals surface area contributed by atoms with Gasteiger partial charge in [-0.05, 0) is 37.3 Å². The normalized spacial score (nSPS) is 15.2. The average molecular weight is 317 g/mol. The Morgan fingerprint density at radius 1 is 1.15 bits per heavy atom. The number of thiophene rings is 1. The maximum absolute atomic E-state index is 12.5. The van der Waals surface area contributed by atoms with Crippen LogP contribution in [-0.4, -0.2) is 10.8 Å². The van der Waals surface area contributed by atoms with Crippen LogP contribution >= 0.6 is 22.7 Å². The summed E-state index contributed by atoms with van der Waals surface area (Å²) < 4.78 is 37.5. The molecule has 2 aromatic rings. The van der Waals surface area contributed by atoms with Crippen molar-refractivity contribution in [2.24, 2.45) is 0 Å². The summed E-state index contributed by atoms with van der Waals surface area (Å²) in [5.74, 6) is -0.350. The minimum absolute atomic E-state index is 0.0518. The second-order valence-corrected chi connectivity index (χ2v) is 6.79. The van der Waals surface area contributed by atoms with E-state index in [4.69, 9.17) is 0 Å². The Bertz CT molecular complexity index is 633. The second-order valence-electron chi connectivity index (χ2n) is 4.62. The molecule has 0 saturated carbocycles. The lowest BCUT2D eigenvalue weighted by Gasteiger charge is -2.08. The molecule has 2 aromatic heterocycles. The zero-order chi connectivity index (χ0) is 14.3. The van der Waals surface area contributed by atoms with Gasteiger partial charge in [0.05, 0.1) is 9.75 Å². The van der Waals surface area contributed by atoms with Crippen LogP contribution in [0.1, 0.15) is 42.8 Å². The predicted molar refractivity (Wildman–Crippen MR) is 71.5 cm³/mol.